The van der Waals surface area contributed by atoms with E-state index in [1.54, 1.807) is 0 Å². The number of nitrogens with one attached hydrogen (secondary N) is 1. The van der Waals surface area contributed by atoms with Gasteiger partial charge in [-0.15, -0.1) is 0 Å². The Labute approximate surface area is 144 Å². The third-order valence-electron chi connectivity index (χ3n) is 4.39. The van der Waals surface area contributed by atoms with Crippen LogP contribution in [0.2, 0.25) is 0 Å². The molecule has 0 aliphatic carbocycles. The van der Waals surface area contributed by atoms with Crippen molar-refractivity contribution >= 4 is 17.6 Å². The van der Waals surface area contributed by atoms with E-state index in [2.05, 4.69) is 5.32 Å². The van der Waals surface area contributed by atoms with Crippen LogP contribution in [0.15, 0.2) is 30.3 Å². The second-order valence-electron chi connectivity index (χ2n) is 6.20. The van der Waals surface area contributed by atoms with Gasteiger partial charge in [-0.05, 0) is 48.7 Å². The van der Waals surface area contributed by atoms with Crippen LogP contribution in [0, 0.1) is 19.7 Å². The van der Waals surface area contributed by atoms with Crippen LogP contribution in [0.25, 0.3) is 0 Å². The lowest BCUT2D eigenvalue weighted by Gasteiger charge is -2.12. The molecule has 2 aromatic carbocycles. The van der Waals surface area contributed by atoms with Crippen LogP contribution < -0.4 is 10.1 Å². The highest BCUT2D eigenvalue weighted by Gasteiger charge is 2.31. The van der Waals surface area contributed by atoms with Gasteiger partial charge in [0.2, 0.25) is 5.91 Å². The normalized spacial score (nSPS) is 15.4. The van der Waals surface area contributed by atoms with Crippen LogP contribution in [0.1, 0.15) is 28.2 Å². The zero-order chi connectivity index (χ0) is 18.1. The summed E-state index contributed by atoms with van der Waals surface area (Å²) in [5, 5.41) is 11.4. The van der Waals surface area contributed by atoms with E-state index in [0.717, 1.165) is 22.8 Å². The van der Waals surface area contributed by atoms with E-state index in [9.17, 15) is 14.0 Å². The van der Waals surface area contributed by atoms with Crippen LogP contribution in [-0.2, 0) is 16.0 Å². The van der Waals surface area contributed by atoms with Gasteiger partial charge >= 0.3 is 5.97 Å². The number of carbonyl (C=O) groups excluding carboxylic acids is 1. The maximum atomic E-state index is 13.9. The standard InChI is InChI=1S/C19H18FNO4/c1-10-5-14-15(9-25-17(14)6-11(10)2)19(24)21-13-4-3-12(7-18(22)23)16(20)8-13/h3-6,8,15H,7,9H2,1-2H3,(H,21,24)(H,22,23). The van der Waals surface area contributed by atoms with E-state index in [1.807, 2.05) is 26.0 Å². The number of benzene rings is 2. The number of carbonyl (C=O) groups is 2. The average molecular weight is 343 g/mol. The van der Waals surface area contributed by atoms with Crippen LogP contribution in [0.3, 0.4) is 0 Å². The average Bonchev–Trinajstić information content (AvgIpc) is 2.93. The molecule has 0 radical (unpaired) electrons. The molecule has 0 saturated carbocycles. The lowest BCUT2D eigenvalue weighted by Crippen LogP contribution is -2.22. The van der Waals surface area contributed by atoms with Crippen molar-refractivity contribution in [2.75, 3.05) is 11.9 Å². The molecule has 0 fully saturated rings. The first-order valence-electron chi connectivity index (χ1n) is 7.90. The summed E-state index contributed by atoms with van der Waals surface area (Å²) in [7, 11) is 0. The van der Waals surface area contributed by atoms with Gasteiger partial charge in [-0.25, -0.2) is 4.39 Å². The number of carboxylic acids is 1. The molecule has 3 rings (SSSR count). The van der Waals surface area contributed by atoms with Crippen molar-refractivity contribution < 1.29 is 23.8 Å². The van der Waals surface area contributed by atoms with Gasteiger partial charge in [-0.3, -0.25) is 9.59 Å². The summed E-state index contributed by atoms with van der Waals surface area (Å²) < 4.78 is 19.5. The van der Waals surface area contributed by atoms with Crippen molar-refractivity contribution in [3.8, 4) is 5.75 Å². The number of rotatable bonds is 4. The fraction of sp³-hybridized carbons (Fsp3) is 0.263. The van der Waals surface area contributed by atoms with Gasteiger partial charge in [-0.2, -0.15) is 0 Å². The van der Waals surface area contributed by atoms with Crippen molar-refractivity contribution in [2.24, 2.45) is 0 Å². The molecule has 0 bridgehead atoms. The zero-order valence-corrected chi connectivity index (χ0v) is 13.9. The third-order valence-corrected chi connectivity index (χ3v) is 4.39. The number of hydrogen-bond acceptors (Lipinski definition) is 3. The molecular formula is C19H18FNO4. The van der Waals surface area contributed by atoms with Gasteiger partial charge < -0.3 is 15.2 Å². The number of hydrogen-bond donors (Lipinski definition) is 2. The SMILES string of the molecule is Cc1cc2c(cc1C)C(C(=O)Nc1ccc(CC(=O)O)c(F)c1)CO2. The Bertz CT molecular complexity index is 863. The number of halogens is 1. The predicted molar refractivity (Wildman–Crippen MR) is 90.5 cm³/mol. The fourth-order valence-corrected chi connectivity index (χ4v) is 2.85. The topological polar surface area (TPSA) is 75.6 Å². The van der Waals surface area contributed by atoms with Gasteiger partial charge in [0.05, 0.1) is 6.42 Å². The summed E-state index contributed by atoms with van der Waals surface area (Å²) >= 11 is 0. The molecule has 0 aromatic heterocycles. The zero-order valence-electron chi connectivity index (χ0n) is 13.9. The van der Waals surface area contributed by atoms with E-state index < -0.39 is 24.1 Å². The smallest absolute Gasteiger partial charge is 0.307 e. The van der Waals surface area contributed by atoms with Crippen LogP contribution >= 0.6 is 0 Å². The molecule has 2 aromatic rings. The molecule has 1 aliphatic rings. The van der Waals surface area contributed by atoms with Gasteiger partial charge in [0.1, 0.15) is 24.1 Å². The number of amides is 1. The summed E-state index contributed by atoms with van der Waals surface area (Å²) in [6, 6.07) is 7.85. The quantitative estimate of drug-likeness (QED) is 0.894. The molecule has 0 spiro atoms. The summed E-state index contributed by atoms with van der Waals surface area (Å²) in [4.78, 5) is 23.2. The minimum Gasteiger partial charge on any atom is -0.492 e. The third kappa shape index (κ3) is 3.47. The van der Waals surface area contributed by atoms with E-state index in [0.29, 0.717) is 5.75 Å². The van der Waals surface area contributed by atoms with Crippen molar-refractivity contribution in [2.45, 2.75) is 26.2 Å². The Balaban J connectivity index is 1.77. The van der Waals surface area contributed by atoms with Gasteiger partial charge in [-0.1, -0.05) is 12.1 Å². The highest BCUT2D eigenvalue weighted by Crippen LogP contribution is 2.36. The van der Waals surface area contributed by atoms with Crippen molar-refractivity contribution in [3.05, 3.63) is 58.4 Å². The Morgan fingerprint density at radius 1 is 1.24 bits per heavy atom. The summed E-state index contributed by atoms with van der Waals surface area (Å²) in [6.07, 6.45) is -0.400. The Morgan fingerprint density at radius 3 is 2.64 bits per heavy atom. The molecular weight excluding hydrogens is 325 g/mol. The highest BCUT2D eigenvalue weighted by molar-refractivity contribution is 5.97. The lowest BCUT2D eigenvalue weighted by atomic mass is 9.96. The largest absolute Gasteiger partial charge is 0.492 e. The number of anilines is 1. The van der Waals surface area contributed by atoms with Gasteiger partial charge in [0.15, 0.2) is 0 Å². The number of carboxylic acid groups (broad SMARTS) is 1. The second-order valence-corrected chi connectivity index (χ2v) is 6.20. The Hall–Kier alpha value is -2.89. The minimum absolute atomic E-state index is 0.0751. The number of aliphatic carboxylic acids is 1. The van der Waals surface area contributed by atoms with Gasteiger partial charge in [0, 0.05) is 11.3 Å². The van der Waals surface area contributed by atoms with Crippen LogP contribution in [-0.4, -0.2) is 23.6 Å². The summed E-state index contributed by atoms with van der Waals surface area (Å²) in [6.45, 7) is 4.19. The number of fused-ring (bicyclic) bond motifs is 1. The maximum absolute atomic E-state index is 13.9. The van der Waals surface area contributed by atoms with Crippen molar-refractivity contribution in [1.29, 1.82) is 0 Å². The highest BCUT2D eigenvalue weighted by atomic mass is 19.1. The van der Waals surface area contributed by atoms with E-state index >= 15 is 0 Å². The first kappa shape index (κ1) is 17.0. The van der Waals surface area contributed by atoms with E-state index in [1.165, 1.54) is 12.1 Å². The molecule has 5 nitrogen and oxygen atoms in total. The number of ether oxygens (including phenoxy) is 1. The Kier molecular flexibility index (Phi) is 4.44. The fourth-order valence-electron chi connectivity index (χ4n) is 2.85. The Morgan fingerprint density at radius 2 is 1.96 bits per heavy atom. The molecule has 1 aliphatic heterocycles. The minimum atomic E-state index is -1.11. The van der Waals surface area contributed by atoms with Crippen LogP contribution in [0.4, 0.5) is 10.1 Å². The molecule has 1 unspecified atom stereocenters. The first-order chi connectivity index (χ1) is 11.8. The second kappa shape index (κ2) is 6.55. The summed E-state index contributed by atoms with van der Waals surface area (Å²) in [5.41, 5.74) is 3.35. The maximum Gasteiger partial charge on any atom is 0.307 e. The monoisotopic (exact) mass is 343 g/mol. The van der Waals surface area contributed by atoms with Gasteiger partial charge in [0.25, 0.3) is 0 Å². The molecule has 25 heavy (non-hydrogen) atoms. The van der Waals surface area contributed by atoms with E-state index in [4.69, 9.17) is 9.84 Å². The van der Waals surface area contributed by atoms with E-state index in [-0.39, 0.29) is 23.8 Å². The molecule has 1 amide bonds. The summed E-state index contributed by atoms with van der Waals surface area (Å²) in [5.74, 6) is -1.81. The van der Waals surface area contributed by atoms with Crippen LogP contribution in [0.5, 0.6) is 5.75 Å². The molecule has 1 atom stereocenters. The first-order valence-corrected chi connectivity index (χ1v) is 7.90. The molecule has 2 N–H and O–H groups in total. The van der Waals surface area contributed by atoms with Crippen molar-refractivity contribution in [1.82, 2.24) is 0 Å². The number of aryl methyl sites for hydroxylation is 2. The van der Waals surface area contributed by atoms with Crippen molar-refractivity contribution in [3.63, 3.8) is 0 Å². The lowest BCUT2D eigenvalue weighted by molar-refractivity contribution is -0.136. The molecule has 130 valence electrons. The molecule has 1 heterocycles. The molecule has 6 heteroatoms. The molecule has 0 saturated heterocycles. The predicted octanol–water partition coefficient (Wildman–Crippen LogP) is 3.18.